The summed E-state index contributed by atoms with van der Waals surface area (Å²) in [6.45, 7) is 4.14. The lowest BCUT2D eigenvalue weighted by Gasteiger charge is -2.02. The third kappa shape index (κ3) is 1.88. The lowest BCUT2D eigenvalue weighted by Crippen LogP contribution is -1.90. The van der Waals surface area contributed by atoms with E-state index in [9.17, 15) is 0 Å². The van der Waals surface area contributed by atoms with Crippen molar-refractivity contribution in [1.82, 2.24) is 0 Å². The molecule has 0 aliphatic carbocycles. The van der Waals surface area contributed by atoms with Gasteiger partial charge in [0.15, 0.2) is 0 Å². The lowest BCUT2D eigenvalue weighted by atomic mass is 10.1. The van der Waals surface area contributed by atoms with E-state index in [1.54, 1.807) is 0 Å². The minimum absolute atomic E-state index is 0.852. The second kappa shape index (κ2) is 3.96. The van der Waals surface area contributed by atoms with E-state index in [0.29, 0.717) is 0 Å². The first kappa shape index (κ1) is 8.85. The van der Waals surface area contributed by atoms with Crippen LogP contribution in [0.15, 0.2) is 24.3 Å². The van der Waals surface area contributed by atoms with Crippen LogP contribution in [0, 0.1) is 0 Å². The Bertz CT molecular complexity index is 287. The predicted molar refractivity (Wildman–Crippen MR) is 54.9 cm³/mol. The van der Waals surface area contributed by atoms with Gasteiger partial charge >= 0.3 is 0 Å². The standard InChI is InChI=1S/C11H15N/c1-3-5-10-8-9(4-2)6-7-11(10)12/h3,5-8H,4,12H2,1-2H3. The van der Waals surface area contributed by atoms with Crippen LogP contribution in [0.2, 0.25) is 0 Å². The van der Waals surface area contributed by atoms with Crippen molar-refractivity contribution >= 4 is 11.8 Å². The summed E-state index contributed by atoms with van der Waals surface area (Å²) in [6, 6.07) is 6.17. The van der Waals surface area contributed by atoms with Gasteiger partial charge in [0.05, 0.1) is 0 Å². The summed E-state index contributed by atoms with van der Waals surface area (Å²) < 4.78 is 0. The molecule has 0 heterocycles. The Balaban J connectivity index is 3.08. The first-order chi connectivity index (χ1) is 5.77. The molecule has 0 bridgehead atoms. The van der Waals surface area contributed by atoms with E-state index in [1.807, 2.05) is 25.1 Å². The highest BCUT2D eigenvalue weighted by atomic mass is 14.5. The SMILES string of the molecule is CC=Cc1cc(CC)ccc1N. The van der Waals surface area contributed by atoms with E-state index in [0.717, 1.165) is 17.7 Å². The van der Waals surface area contributed by atoms with E-state index < -0.39 is 0 Å². The van der Waals surface area contributed by atoms with Crippen LogP contribution >= 0.6 is 0 Å². The molecule has 64 valence electrons. The Morgan fingerprint density at radius 3 is 2.75 bits per heavy atom. The molecule has 1 nitrogen and oxygen atoms in total. The molecule has 0 radical (unpaired) electrons. The van der Waals surface area contributed by atoms with E-state index in [-0.39, 0.29) is 0 Å². The largest absolute Gasteiger partial charge is 0.398 e. The molecule has 0 unspecified atom stereocenters. The quantitative estimate of drug-likeness (QED) is 0.663. The Labute approximate surface area is 73.9 Å². The third-order valence-corrected chi connectivity index (χ3v) is 1.91. The van der Waals surface area contributed by atoms with Crippen LogP contribution < -0.4 is 5.73 Å². The van der Waals surface area contributed by atoms with Gasteiger partial charge in [0.25, 0.3) is 0 Å². The molecule has 0 aliphatic rings. The first-order valence-corrected chi connectivity index (χ1v) is 4.29. The van der Waals surface area contributed by atoms with Gasteiger partial charge in [-0.1, -0.05) is 25.1 Å². The van der Waals surface area contributed by atoms with E-state index in [2.05, 4.69) is 19.1 Å². The zero-order chi connectivity index (χ0) is 8.97. The molecule has 0 atom stereocenters. The van der Waals surface area contributed by atoms with Crippen molar-refractivity contribution in [1.29, 1.82) is 0 Å². The number of anilines is 1. The van der Waals surface area contributed by atoms with Gasteiger partial charge in [0.2, 0.25) is 0 Å². The molecule has 0 saturated carbocycles. The maximum Gasteiger partial charge on any atom is 0.0387 e. The van der Waals surface area contributed by atoms with Crippen LogP contribution in [0.3, 0.4) is 0 Å². The van der Waals surface area contributed by atoms with Gasteiger partial charge in [0, 0.05) is 5.69 Å². The summed E-state index contributed by atoms with van der Waals surface area (Å²) in [6.07, 6.45) is 5.10. The Morgan fingerprint density at radius 2 is 2.17 bits per heavy atom. The number of hydrogen-bond donors (Lipinski definition) is 1. The highest BCUT2D eigenvalue weighted by Gasteiger charge is 1.95. The van der Waals surface area contributed by atoms with Crippen LogP contribution in [-0.4, -0.2) is 0 Å². The molecule has 0 fully saturated rings. The average Bonchev–Trinajstić information content (AvgIpc) is 2.09. The molecule has 12 heavy (non-hydrogen) atoms. The molecular weight excluding hydrogens is 146 g/mol. The molecule has 1 aromatic carbocycles. The molecule has 1 heteroatoms. The third-order valence-electron chi connectivity index (χ3n) is 1.91. The zero-order valence-electron chi connectivity index (χ0n) is 7.67. The van der Waals surface area contributed by atoms with Gasteiger partial charge in [-0.25, -0.2) is 0 Å². The summed E-state index contributed by atoms with van der Waals surface area (Å²) >= 11 is 0. The van der Waals surface area contributed by atoms with Crippen molar-refractivity contribution in [3.8, 4) is 0 Å². The minimum Gasteiger partial charge on any atom is -0.398 e. The van der Waals surface area contributed by atoms with Crippen LogP contribution in [0.5, 0.6) is 0 Å². The van der Waals surface area contributed by atoms with Crippen molar-refractivity contribution in [3.63, 3.8) is 0 Å². The van der Waals surface area contributed by atoms with Crippen molar-refractivity contribution < 1.29 is 0 Å². The monoisotopic (exact) mass is 161 g/mol. The summed E-state index contributed by atoms with van der Waals surface area (Å²) in [5.74, 6) is 0. The van der Waals surface area contributed by atoms with Crippen LogP contribution in [-0.2, 0) is 6.42 Å². The first-order valence-electron chi connectivity index (χ1n) is 4.29. The lowest BCUT2D eigenvalue weighted by molar-refractivity contribution is 1.14. The van der Waals surface area contributed by atoms with Crippen molar-refractivity contribution in [3.05, 3.63) is 35.4 Å². The predicted octanol–water partition coefficient (Wildman–Crippen LogP) is 2.86. The molecule has 1 aromatic rings. The molecule has 1 rings (SSSR count). The number of nitrogen functional groups attached to an aromatic ring is 1. The number of rotatable bonds is 2. The number of nitrogens with two attached hydrogens (primary N) is 1. The van der Waals surface area contributed by atoms with Gasteiger partial charge in [-0.2, -0.15) is 0 Å². The molecule has 0 aromatic heterocycles. The van der Waals surface area contributed by atoms with E-state index >= 15 is 0 Å². The van der Waals surface area contributed by atoms with Crippen molar-refractivity contribution in [2.24, 2.45) is 0 Å². The fourth-order valence-corrected chi connectivity index (χ4v) is 1.17. The Hall–Kier alpha value is -1.24. The summed E-state index contributed by atoms with van der Waals surface area (Å²) in [7, 11) is 0. The van der Waals surface area contributed by atoms with E-state index in [1.165, 1.54) is 5.56 Å². The number of aryl methyl sites for hydroxylation is 1. The zero-order valence-corrected chi connectivity index (χ0v) is 7.67. The van der Waals surface area contributed by atoms with Gasteiger partial charge in [-0.15, -0.1) is 0 Å². The fourth-order valence-electron chi connectivity index (χ4n) is 1.17. The Morgan fingerprint density at radius 1 is 1.42 bits per heavy atom. The number of hydrogen-bond acceptors (Lipinski definition) is 1. The molecular formula is C11H15N. The highest BCUT2D eigenvalue weighted by molar-refractivity contribution is 5.64. The van der Waals surface area contributed by atoms with Gasteiger partial charge in [0.1, 0.15) is 0 Å². The highest BCUT2D eigenvalue weighted by Crippen LogP contribution is 2.15. The normalized spacial score (nSPS) is 10.8. The topological polar surface area (TPSA) is 26.0 Å². The summed E-state index contributed by atoms with van der Waals surface area (Å²) in [4.78, 5) is 0. The maximum atomic E-state index is 5.78. The van der Waals surface area contributed by atoms with Crippen LogP contribution in [0.4, 0.5) is 5.69 Å². The molecule has 0 amide bonds. The molecule has 0 spiro atoms. The van der Waals surface area contributed by atoms with Crippen molar-refractivity contribution in [2.75, 3.05) is 5.73 Å². The minimum atomic E-state index is 0.852. The Kier molecular flexibility index (Phi) is 2.92. The van der Waals surface area contributed by atoms with E-state index in [4.69, 9.17) is 5.73 Å². The summed E-state index contributed by atoms with van der Waals surface area (Å²) in [5.41, 5.74) is 9.08. The summed E-state index contributed by atoms with van der Waals surface area (Å²) in [5, 5.41) is 0. The fraction of sp³-hybridized carbons (Fsp3) is 0.273. The molecule has 2 N–H and O–H groups in total. The molecule has 0 saturated heterocycles. The van der Waals surface area contributed by atoms with Gasteiger partial charge < -0.3 is 5.73 Å². The average molecular weight is 161 g/mol. The smallest absolute Gasteiger partial charge is 0.0387 e. The number of allylic oxidation sites excluding steroid dienone is 1. The molecule has 0 aliphatic heterocycles. The van der Waals surface area contributed by atoms with Gasteiger partial charge in [-0.3, -0.25) is 0 Å². The second-order valence-corrected chi connectivity index (χ2v) is 2.82. The number of benzene rings is 1. The van der Waals surface area contributed by atoms with Crippen molar-refractivity contribution in [2.45, 2.75) is 20.3 Å². The second-order valence-electron chi connectivity index (χ2n) is 2.82. The van der Waals surface area contributed by atoms with Gasteiger partial charge in [-0.05, 0) is 36.6 Å². The van der Waals surface area contributed by atoms with Crippen LogP contribution in [0.1, 0.15) is 25.0 Å². The maximum absolute atomic E-state index is 5.78. The van der Waals surface area contributed by atoms with Crippen LogP contribution in [0.25, 0.3) is 6.08 Å².